The van der Waals surface area contributed by atoms with Crippen molar-refractivity contribution in [3.05, 3.63) is 53.1 Å². The van der Waals surface area contributed by atoms with Gasteiger partial charge in [-0.25, -0.2) is 13.1 Å². The maximum atomic E-state index is 12.9. The average Bonchev–Trinajstić information content (AvgIpc) is 2.72. The Morgan fingerprint density at radius 2 is 1.60 bits per heavy atom. The highest BCUT2D eigenvalue weighted by atomic mass is 32.2. The summed E-state index contributed by atoms with van der Waals surface area (Å²) in [6, 6.07) is 10.2. The van der Waals surface area contributed by atoms with Crippen molar-refractivity contribution in [3.8, 4) is 11.5 Å². The third-order valence-corrected chi connectivity index (χ3v) is 7.00. The van der Waals surface area contributed by atoms with E-state index in [9.17, 15) is 13.2 Å². The molecule has 30 heavy (non-hydrogen) atoms. The van der Waals surface area contributed by atoms with Crippen LogP contribution in [0, 0.1) is 13.8 Å². The van der Waals surface area contributed by atoms with Gasteiger partial charge in [0.1, 0.15) is 11.5 Å². The normalized spacial score (nSPS) is 15.1. The van der Waals surface area contributed by atoms with Crippen molar-refractivity contribution in [1.82, 2.24) is 9.62 Å². The summed E-state index contributed by atoms with van der Waals surface area (Å²) >= 11 is 0. The molecule has 2 aromatic rings. The highest BCUT2D eigenvalue weighted by Gasteiger charge is 2.28. The van der Waals surface area contributed by atoms with E-state index in [1.165, 1.54) is 14.2 Å². The second-order valence-electron chi connectivity index (χ2n) is 7.56. The maximum Gasteiger partial charge on any atom is 0.254 e. The minimum Gasteiger partial charge on any atom is -0.497 e. The molecule has 162 valence electrons. The average molecular weight is 433 g/mol. The van der Waals surface area contributed by atoms with Crippen molar-refractivity contribution in [2.24, 2.45) is 0 Å². The van der Waals surface area contributed by atoms with Crippen molar-refractivity contribution < 1.29 is 22.7 Å². The third kappa shape index (κ3) is 4.94. The molecule has 0 aromatic heterocycles. The van der Waals surface area contributed by atoms with Crippen LogP contribution in [-0.4, -0.2) is 52.6 Å². The second-order valence-corrected chi connectivity index (χ2v) is 9.24. The van der Waals surface area contributed by atoms with Gasteiger partial charge in [0, 0.05) is 30.8 Å². The Morgan fingerprint density at radius 1 is 1.00 bits per heavy atom. The molecule has 1 fully saturated rings. The number of hydrogen-bond donors (Lipinski definition) is 1. The number of rotatable bonds is 6. The molecule has 1 saturated heterocycles. The zero-order chi connectivity index (χ0) is 21.9. The zero-order valence-corrected chi connectivity index (χ0v) is 18.6. The Labute approximate surface area is 178 Å². The summed E-state index contributed by atoms with van der Waals surface area (Å²) in [5.74, 6) is 0.977. The van der Waals surface area contributed by atoms with Crippen LogP contribution in [0.15, 0.2) is 41.3 Å². The fourth-order valence-electron chi connectivity index (χ4n) is 3.70. The van der Waals surface area contributed by atoms with Gasteiger partial charge in [-0.2, -0.15) is 0 Å². The van der Waals surface area contributed by atoms with Crippen LogP contribution in [0.4, 0.5) is 0 Å². The molecule has 7 nitrogen and oxygen atoms in total. The Balaban J connectivity index is 1.65. The lowest BCUT2D eigenvalue weighted by Gasteiger charge is -2.32. The lowest BCUT2D eigenvalue weighted by Crippen LogP contribution is -2.46. The van der Waals surface area contributed by atoms with E-state index in [4.69, 9.17) is 9.47 Å². The van der Waals surface area contributed by atoms with Crippen LogP contribution in [0.25, 0.3) is 0 Å². The molecule has 1 aliphatic rings. The van der Waals surface area contributed by atoms with Crippen LogP contribution < -0.4 is 14.2 Å². The van der Waals surface area contributed by atoms with E-state index in [2.05, 4.69) is 4.72 Å². The van der Waals surface area contributed by atoms with Crippen LogP contribution in [0.1, 0.15) is 34.3 Å². The fraction of sp³-hybridized carbons (Fsp3) is 0.409. The van der Waals surface area contributed by atoms with Gasteiger partial charge < -0.3 is 14.4 Å². The zero-order valence-electron chi connectivity index (χ0n) is 17.8. The largest absolute Gasteiger partial charge is 0.497 e. The SMILES string of the molecule is COc1cc(OC)cc(C(=O)N2CCC(NS(=O)(=O)c3ccc(C)cc3C)CC2)c1. The number of sulfonamides is 1. The number of nitrogens with one attached hydrogen (secondary N) is 1. The molecule has 0 unspecified atom stereocenters. The highest BCUT2D eigenvalue weighted by Crippen LogP contribution is 2.25. The standard InChI is InChI=1S/C22H28N2O5S/c1-15-5-6-21(16(2)11-15)30(26,27)23-18-7-9-24(10-8-18)22(25)17-12-19(28-3)14-20(13-17)29-4/h5-6,11-14,18,23H,7-10H2,1-4H3. The second kappa shape index (κ2) is 9.06. The molecule has 1 N–H and O–H groups in total. The van der Waals surface area contributed by atoms with Crippen LogP contribution in [-0.2, 0) is 10.0 Å². The number of aryl methyl sites for hydroxylation is 2. The number of hydrogen-bond acceptors (Lipinski definition) is 5. The fourth-order valence-corrected chi connectivity index (χ4v) is 5.23. The van der Waals surface area contributed by atoms with Crippen molar-refractivity contribution in [3.63, 3.8) is 0 Å². The lowest BCUT2D eigenvalue weighted by molar-refractivity contribution is 0.0710. The van der Waals surface area contributed by atoms with Gasteiger partial charge in [-0.05, 0) is 50.5 Å². The number of benzene rings is 2. The van der Waals surface area contributed by atoms with Crippen molar-refractivity contribution >= 4 is 15.9 Å². The van der Waals surface area contributed by atoms with Gasteiger partial charge in [0.25, 0.3) is 5.91 Å². The number of nitrogens with zero attached hydrogens (tertiary/aromatic N) is 1. The number of piperidine rings is 1. The van der Waals surface area contributed by atoms with Gasteiger partial charge in [0.2, 0.25) is 10.0 Å². The van der Waals surface area contributed by atoms with Gasteiger partial charge in [-0.3, -0.25) is 4.79 Å². The molecule has 0 spiro atoms. The van der Waals surface area contributed by atoms with E-state index < -0.39 is 10.0 Å². The first-order valence-electron chi connectivity index (χ1n) is 9.85. The van der Waals surface area contributed by atoms with E-state index in [0.717, 1.165) is 11.1 Å². The number of carbonyl (C=O) groups is 1. The first-order valence-corrected chi connectivity index (χ1v) is 11.3. The first kappa shape index (κ1) is 22.1. The summed E-state index contributed by atoms with van der Waals surface area (Å²) in [4.78, 5) is 14.9. The van der Waals surface area contributed by atoms with E-state index in [1.807, 2.05) is 13.0 Å². The predicted octanol–water partition coefficient (Wildman–Crippen LogP) is 2.90. The van der Waals surface area contributed by atoms with Crippen LogP contribution in [0.3, 0.4) is 0 Å². The molecule has 0 atom stereocenters. The highest BCUT2D eigenvalue weighted by molar-refractivity contribution is 7.89. The Morgan fingerprint density at radius 3 is 2.13 bits per heavy atom. The Hall–Kier alpha value is -2.58. The van der Waals surface area contributed by atoms with Gasteiger partial charge in [-0.1, -0.05) is 17.7 Å². The number of methoxy groups -OCH3 is 2. The molecule has 8 heteroatoms. The number of carbonyl (C=O) groups excluding carboxylic acids is 1. The summed E-state index contributed by atoms with van der Waals surface area (Å²) in [7, 11) is -0.526. The first-order chi connectivity index (χ1) is 14.2. The summed E-state index contributed by atoms with van der Waals surface area (Å²) in [5, 5.41) is 0. The molecular weight excluding hydrogens is 404 g/mol. The molecule has 0 radical (unpaired) electrons. The summed E-state index contributed by atoms with van der Waals surface area (Å²) in [6.07, 6.45) is 1.11. The van der Waals surface area contributed by atoms with Gasteiger partial charge in [0.05, 0.1) is 19.1 Å². The predicted molar refractivity (Wildman–Crippen MR) is 115 cm³/mol. The van der Waals surface area contributed by atoms with Gasteiger partial charge in [-0.15, -0.1) is 0 Å². The number of likely N-dealkylation sites (tertiary alicyclic amines) is 1. The van der Waals surface area contributed by atoms with Crippen molar-refractivity contribution in [1.29, 1.82) is 0 Å². The molecule has 1 heterocycles. The van der Waals surface area contributed by atoms with Crippen molar-refractivity contribution in [2.75, 3.05) is 27.3 Å². The van der Waals surface area contributed by atoms with Crippen molar-refractivity contribution in [2.45, 2.75) is 37.6 Å². The molecule has 1 amide bonds. The Bertz CT molecular complexity index is 1010. The molecule has 0 saturated carbocycles. The monoisotopic (exact) mass is 432 g/mol. The van der Waals surface area contributed by atoms with E-state index in [0.29, 0.717) is 47.9 Å². The minimum absolute atomic E-state index is 0.122. The van der Waals surface area contributed by atoms with Crippen LogP contribution in [0.5, 0.6) is 11.5 Å². The molecule has 0 aliphatic carbocycles. The smallest absolute Gasteiger partial charge is 0.254 e. The van der Waals surface area contributed by atoms with E-state index in [-0.39, 0.29) is 11.9 Å². The molecule has 2 aromatic carbocycles. The molecule has 0 bridgehead atoms. The maximum absolute atomic E-state index is 12.9. The quantitative estimate of drug-likeness (QED) is 0.759. The summed E-state index contributed by atoms with van der Waals surface area (Å²) in [5.41, 5.74) is 2.23. The topological polar surface area (TPSA) is 84.9 Å². The van der Waals surface area contributed by atoms with Crippen LogP contribution in [0.2, 0.25) is 0 Å². The number of amides is 1. The minimum atomic E-state index is -3.60. The van der Waals surface area contributed by atoms with Crippen LogP contribution >= 0.6 is 0 Å². The molecule has 1 aliphatic heterocycles. The number of ether oxygens (including phenoxy) is 2. The lowest BCUT2D eigenvalue weighted by atomic mass is 10.0. The Kier molecular flexibility index (Phi) is 6.67. The van der Waals surface area contributed by atoms with Gasteiger partial charge in [0.15, 0.2) is 0 Å². The van der Waals surface area contributed by atoms with E-state index in [1.54, 1.807) is 42.2 Å². The molecular formula is C22H28N2O5S. The van der Waals surface area contributed by atoms with E-state index >= 15 is 0 Å². The summed E-state index contributed by atoms with van der Waals surface area (Å²) in [6.45, 7) is 4.67. The van der Waals surface area contributed by atoms with Gasteiger partial charge >= 0.3 is 0 Å². The molecule has 3 rings (SSSR count). The third-order valence-electron chi connectivity index (χ3n) is 5.32. The summed E-state index contributed by atoms with van der Waals surface area (Å²) < 4.78 is 38.9.